The Balaban J connectivity index is 1.57. The lowest BCUT2D eigenvalue weighted by molar-refractivity contribution is 0.0956. The van der Waals surface area contributed by atoms with E-state index >= 15 is 0 Å². The summed E-state index contributed by atoms with van der Waals surface area (Å²) >= 11 is 0. The van der Waals surface area contributed by atoms with E-state index in [1.165, 1.54) is 6.07 Å². The van der Waals surface area contributed by atoms with Crippen LogP contribution in [-0.4, -0.2) is 45.9 Å². The predicted molar refractivity (Wildman–Crippen MR) is 88.4 cm³/mol. The molecule has 2 aromatic rings. The molecule has 1 aromatic carbocycles. The summed E-state index contributed by atoms with van der Waals surface area (Å²) in [6.07, 6.45) is 3.60. The van der Waals surface area contributed by atoms with Gasteiger partial charge < -0.3 is 0 Å². The Morgan fingerprint density at radius 1 is 1.08 bits per heavy atom. The minimum Gasteiger partial charge on any atom is -0.295 e. The van der Waals surface area contributed by atoms with Crippen molar-refractivity contribution in [3.05, 3.63) is 59.2 Å². The summed E-state index contributed by atoms with van der Waals surface area (Å²) in [5, 5.41) is 0. The van der Waals surface area contributed by atoms with Crippen molar-refractivity contribution in [2.24, 2.45) is 0 Å². The molecule has 2 heterocycles. The Bertz CT molecular complexity index is 682. The van der Waals surface area contributed by atoms with Crippen molar-refractivity contribution in [3.8, 4) is 0 Å². The lowest BCUT2D eigenvalue weighted by Gasteiger charge is -2.38. The first-order chi connectivity index (χ1) is 11.5. The molecular weight excluding hydrogens is 310 g/mol. The van der Waals surface area contributed by atoms with Gasteiger partial charge in [0.25, 0.3) is 0 Å². The Morgan fingerprint density at radius 3 is 2.46 bits per heavy atom. The van der Waals surface area contributed by atoms with Crippen LogP contribution in [-0.2, 0) is 6.54 Å². The fourth-order valence-electron chi connectivity index (χ4n) is 3.08. The molecule has 4 nitrogen and oxygen atoms in total. The summed E-state index contributed by atoms with van der Waals surface area (Å²) in [5.74, 6) is -1.01. The van der Waals surface area contributed by atoms with Crippen molar-refractivity contribution < 1.29 is 8.78 Å². The largest absolute Gasteiger partial charge is 0.295 e. The van der Waals surface area contributed by atoms with Crippen molar-refractivity contribution in [1.29, 1.82) is 0 Å². The number of aromatic nitrogens is 2. The van der Waals surface area contributed by atoms with Crippen LogP contribution in [0.4, 0.5) is 8.78 Å². The summed E-state index contributed by atoms with van der Waals surface area (Å²) in [4.78, 5) is 13.2. The summed E-state index contributed by atoms with van der Waals surface area (Å²) in [6, 6.07) is 3.76. The van der Waals surface area contributed by atoms with Gasteiger partial charge in [0.1, 0.15) is 11.6 Å². The number of hydrogen-bond acceptors (Lipinski definition) is 4. The molecule has 0 N–H and O–H groups in total. The topological polar surface area (TPSA) is 32.3 Å². The van der Waals surface area contributed by atoms with Crippen LogP contribution in [0.25, 0.3) is 0 Å². The molecule has 1 atom stereocenters. The molecule has 0 amide bonds. The first kappa shape index (κ1) is 16.9. The van der Waals surface area contributed by atoms with Crippen LogP contribution >= 0.6 is 0 Å². The van der Waals surface area contributed by atoms with Crippen molar-refractivity contribution in [3.63, 3.8) is 0 Å². The monoisotopic (exact) mass is 332 g/mol. The number of halogens is 2. The second kappa shape index (κ2) is 7.32. The Labute approximate surface area is 141 Å². The van der Waals surface area contributed by atoms with Gasteiger partial charge in [-0.25, -0.2) is 8.78 Å². The first-order valence-corrected chi connectivity index (χ1v) is 8.22. The number of aryl methyl sites for hydroxylation is 1. The molecule has 1 saturated heterocycles. The SMILES string of the molecule is Cc1cnc(CN2CCN([C@@H](C)c3ccc(F)cc3F)CC2)cn1. The molecule has 0 bridgehead atoms. The molecule has 1 aliphatic rings. The fourth-order valence-corrected chi connectivity index (χ4v) is 3.08. The number of rotatable bonds is 4. The van der Waals surface area contributed by atoms with Gasteiger partial charge in [-0.05, 0) is 19.9 Å². The standard InChI is InChI=1S/C18H22F2N4/c1-13-10-22-16(11-21-13)12-23-5-7-24(8-6-23)14(2)17-4-3-15(19)9-18(17)20/h3-4,9-11,14H,5-8,12H2,1-2H3/t14-/m0/s1. The van der Waals surface area contributed by atoms with Gasteiger partial charge in [0.2, 0.25) is 0 Å². The fraction of sp³-hybridized carbons (Fsp3) is 0.444. The summed E-state index contributed by atoms with van der Waals surface area (Å²) in [5.41, 5.74) is 2.43. The molecule has 0 unspecified atom stereocenters. The minimum absolute atomic E-state index is 0.0630. The molecule has 3 rings (SSSR count). The highest BCUT2D eigenvalue weighted by molar-refractivity contribution is 5.22. The Kier molecular flexibility index (Phi) is 5.16. The van der Waals surface area contributed by atoms with Gasteiger partial charge in [-0.1, -0.05) is 6.07 Å². The highest BCUT2D eigenvalue weighted by Crippen LogP contribution is 2.24. The summed E-state index contributed by atoms with van der Waals surface area (Å²) in [6.45, 7) is 8.14. The normalized spacial score (nSPS) is 17.8. The van der Waals surface area contributed by atoms with Crippen molar-refractivity contribution in [1.82, 2.24) is 19.8 Å². The molecule has 0 saturated carbocycles. The number of benzene rings is 1. The second-order valence-corrected chi connectivity index (χ2v) is 6.30. The van der Waals surface area contributed by atoms with Gasteiger partial charge in [0, 0.05) is 62.8 Å². The van der Waals surface area contributed by atoms with E-state index in [0.717, 1.165) is 50.2 Å². The molecular formula is C18H22F2N4. The zero-order valence-electron chi connectivity index (χ0n) is 14.0. The molecule has 1 aliphatic heterocycles. The van der Waals surface area contributed by atoms with Crippen LogP contribution in [0, 0.1) is 18.6 Å². The average Bonchev–Trinajstić information content (AvgIpc) is 2.57. The molecule has 0 spiro atoms. The third-order valence-electron chi connectivity index (χ3n) is 4.59. The van der Waals surface area contributed by atoms with Crippen molar-refractivity contribution >= 4 is 0 Å². The second-order valence-electron chi connectivity index (χ2n) is 6.30. The Morgan fingerprint density at radius 2 is 1.83 bits per heavy atom. The maximum atomic E-state index is 14.0. The predicted octanol–water partition coefficient (Wildman–Crippen LogP) is 2.94. The van der Waals surface area contributed by atoms with Gasteiger partial charge in [0.05, 0.1) is 11.4 Å². The van der Waals surface area contributed by atoms with E-state index < -0.39 is 11.6 Å². The molecule has 24 heavy (non-hydrogen) atoms. The van der Waals surface area contributed by atoms with Crippen LogP contribution in [0.1, 0.15) is 29.9 Å². The smallest absolute Gasteiger partial charge is 0.130 e. The van der Waals surface area contributed by atoms with Crippen LogP contribution in [0.3, 0.4) is 0 Å². The molecule has 0 radical (unpaired) electrons. The van der Waals surface area contributed by atoms with Gasteiger partial charge >= 0.3 is 0 Å². The van der Waals surface area contributed by atoms with Crippen LogP contribution < -0.4 is 0 Å². The van der Waals surface area contributed by atoms with Gasteiger partial charge in [-0.3, -0.25) is 19.8 Å². The molecule has 1 fully saturated rings. The van der Waals surface area contributed by atoms with E-state index in [0.29, 0.717) is 5.56 Å². The van der Waals surface area contributed by atoms with E-state index in [-0.39, 0.29) is 6.04 Å². The van der Waals surface area contributed by atoms with E-state index in [4.69, 9.17) is 0 Å². The molecule has 6 heteroatoms. The van der Waals surface area contributed by atoms with E-state index in [1.54, 1.807) is 12.3 Å². The highest BCUT2D eigenvalue weighted by atomic mass is 19.1. The number of nitrogens with zero attached hydrogens (tertiary/aromatic N) is 4. The highest BCUT2D eigenvalue weighted by Gasteiger charge is 2.24. The Hall–Kier alpha value is -1.92. The number of hydrogen-bond donors (Lipinski definition) is 0. The summed E-state index contributed by atoms with van der Waals surface area (Å²) < 4.78 is 27.0. The van der Waals surface area contributed by atoms with Crippen molar-refractivity contribution in [2.75, 3.05) is 26.2 Å². The lowest BCUT2D eigenvalue weighted by atomic mass is 10.1. The quantitative estimate of drug-likeness (QED) is 0.862. The zero-order chi connectivity index (χ0) is 17.1. The third kappa shape index (κ3) is 3.94. The van der Waals surface area contributed by atoms with Gasteiger partial charge in [0.15, 0.2) is 0 Å². The van der Waals surface area contributed by atoms with E-state index in [1.807, 2.05) is 20.0 Å². The molecule has 128 valence electrons. The van der Waals surface area contributed by atoms with E-state index in [2.05, 4.69) is 19.8 Å². The van der Waals surface area contributed by atoms with Crippen LogP contribution in [0.5, 0.6) is 0 Å². The number of piperazine rings is 1. The maximum absolute atomic E-state index is 14.0. The molecule has 1 aromatic heterocycles. The van der Waals surface area contributed by atoms with Crippen LogP contribution in [0.15, 0.2) is 30.6 Å². The first-order valence-electron chi connectivity index (χ1n) is 8.22. The van der Waals surface area contributed by atoms with Gasteiger partial charge in [-0.15, -0.1) is 0 Å². The molecule has 0 aliphatic carbocycles. The summed E-state index contributed by atoms with van der Waals surface area (Å²) in [7, 11) is 0. The average molecular weight is 332 g/mol. The maximum Gasteiger partial charge on any atom is 0.130 e. The lowest BCUT2D eigenvalue weighted by Crippen LogP contribution is -2.46. The minimum atomic E-state index is -0.535. The zero-order valence-corrected chi connectivity index (χ0v) is 14.0. The third-order valence-corrected chi connectivity index (χ3v) is 4.59. The van der Waals surface area contributed by atoms with E-state index in [9.17, 15) is 8.78 Å². The van der Waals surface area contributed by atoms with Gasteiger partial charge in [-0.2, -0.15) is 0 Å². The van der Waals surface area contributed by atoms with Crippen LogP contribution in [0.2, 0.25) is 0 Å². The van der Waals surface area contributed by atoms with Crippen molar-refractivity contribution in [2.45, 2.75) is 26.4 Å².